The van der Waals surface area contributed by atoms with Gasteiger partial charge in [0.2, 0.25) is 5.91 Å². The lowest BCUT2D eigenvalue weighted by atomic mass is 10.0. The average molecular weight is 848 g/mol. The Bertz CT molecular complexity index is 893. The van der Waals surface area contributed by atoms with Crippen molar-refractivity contribution in [2.75, 3.05) is 13.2 Å². The smallest absolute Gasteiger partial charge is 0.305 e. The standard InChI is InChI=1S/C54H105NO5/c1-3-5-7-9-11-13-15-17-19-20-21-22-26-30-34-38-42-46-52(57)51(50-56)55-53(58)47-43-39-35-31-27-24-25-29-33-37-41-45-49-60-54(59)48-44-40-36-32-28-23-18-16-14-12-10-8-6-4-2/h25,29,51-52,56-57H,3-24,26-28,30-50H2,1-2H3,(H,55,58)/b29-25-. The largest absolute Gasteiger partial charge is 0.466 e. The lowest BCUT2D eigenvalue weighted by molar-refractivity contribution is -0.143. The molecule has 0 aliphatic rings. The molecule has 2 atom stereocenters. The fourth-order valence-corrected chi connectivity index (χ4v) is 8.40. The van der Waals surface area contributed by atoms with Gasteiger partial charge in [0.15, 0.2) is 0 Å². The van der Waals surface area contributed by atoms with E-state index in [-0.39, 0.29) is 18.5 Å². The number of carbonyl (C=O) groups is 2. The van der Waals surface area contributed by atoms with E-state index in [4.69, 9.17) is 4.74 Å². The van der Waals surface area contributed by atoms with E-state index in [2.05, 4.69) is 31.3 Å². The molecular weight excluding hydrogens is 743 g/mol. The molecule has 0 aliphatic carbocycles. The monoisotopic (exact) mass is 848 g/mol. The maximum absolute atomic E-state index is 12.5. The maximum Gasteiger partial charge on any atom is 0.305 e. The molecule has 2 unspecified atom stereocenters. The van der Waals surface area contributed by atoms with Crippen molar-refractivity contribution < 1.29 is 24.5 Å². The number of aliphatic hydroxyl groups excluding tert-OH is 2. The summed E-state index contributed by atoms with van der Waals surface area (Å²) in [6.07, 6.45) is 57.6. The van der Waals surface area contributed by atoms with Gasteiger partial charge in [0, 0.05) is 12.8 Å². The fourth-order valence-electron chi connectivity index (χ4n) is 8.40. The molecule has 0 rings (SSSR count). The Labute approximate surface area is 374 Å². The molecular formula is C54H105NO5. The molecule has 0 spiro atoms. The summed E-state index contributed by atoms with van der Waals surface area (Å²) in [6, 6.07) is -0.559. The second-order valence-electron chi connectivity index (χ2n) is 18.6. The Kier molecular flexibility index (Phi) is 49.1. The Hall–Kier alpha value is -1.40. The minimum atomic E-state index is -0.679. The van der Waals surface area contributed by atoms with Crippen LogP contribution < -0.4 is 5.32 Å². The number of allylic oxidation sites excluding steroid dienone is 2. The van der Waals surface area contributed by atoms with Crippen LogP contribution in [-0.4, -0.2) is 47.4 Å². The number of amides is 1. The van der Waals surface area contributed by atoms with Gasteiger partial charge in [0.05, 0.1) is 25.4 Å². The predicted molar refractivity (Wildman–Crippen MR) is 260 cm³/mol. The van der Waals surface area contributed by atoms with Gasteiger partial charge >= 0.3 is 5.97 Å². The molecule has 0 aromatic rings. The molecule has 0 aromatic heterocycles. The highest BCUT2D eigenvalue weighted by molar-refractivity contribution is 5.76. The predicted octanol–water partition coefficient (Wildman–Crippen LogP) is 16.1. The first-order valence-electron chi connectivity index (χ1n) is 26.9. The van der Waals surface area contributed by atoms with Crippen LogP contribution in [0.4, 0.5) is 0 Å². The van der Waals surface area contributed by atoms with E-state index in [0.29, 0.717) is 25.9 Å². The van der Waals surface area contributed by atoms with Crippen molar-refractivity contribution in [3.8, 4) is 0 Å². The molecule has 60 heavy (non-hydrogen) atoms. The van der Waals surface area contributed by atoms with Gasteiger partial charge in [0.25, 0.3) is 0 Å². The Balaban J connectivity index is 3.49. The number of carbonyl (C=O) groups excluding carboxylic acids is 2. The Morgan fingerprint density at radius 2 is 0.783 bits per heavy atom. The van der Waals surface area contributed by atoms with Crippen LogP contribution in [0, 0.1) is 0 Å². The van der Waals surface area contributed by atoms with Gasteiger partial charge in [-0.2, -0.15) is 0 Å². The topological polar surface area (TPSA) is 95.9 Å². The molecule has 0 saturated carbocycles. The van der Waals surface area contributed by atoms with Gasteiger partial charge in [0.1, 0.15) is 0 Å². The van der Waals surface area contributed by atoms with Gasteiger partial charge < -0.3 is 20.3 Å². The summed E-state index contributed by atoms with van der Waals surface area (Å²) in [7, 11) is 0. The third-order valence-corrected chi connectivity index (χ3v) is 12.6. The fraction of sp³-hybridized carbons (Fsp3) is 0.926. The van der Waals surface area contributed by atoms with Crippen molar-refractivity contribution in [2.45, 2.75) is 309 Å². The SMILES string of the molecule is CCCCCCCCCCCCCCCCCCCC(O)C(CO)NC(=O)CCCCCCC/C=C\CCCCCOC(=O)CCCCCCCCCCCCCCCC. The Morgan fingerprint density at radius 1 is 0.450 bits per heavy atom. The van der Waals surface area contributed by atoms with Crippen LogP contribution in [0.15, 0.2) is 12.2 Å². The average Bonchev–Trinajstić information content (AvgIpc) is 3.25. The number of aliphatic hydroxyl groups is 2. The van der Waals surface area contributed by atoms with Crippen molar-refractivity contribution in [2.24, 2.45) is 0 Å². The first kappa shape index (κ1) is 58.6. The highest BCUT2D eigenvalue weighted by Gasteiger charge is 2.20. The number of nitrogens with one attached hydrogen (secondary N) is 1. The maximum atomic E-state index is 12.5. The molecule has 0 saturated heterocycles. The van der Waals surface area contributed by atoms with Crippen molar-refractivity contribution in [1.29, 1.82) is 0 Å². The van der Waals surface area contributed by atoms with E-state index in [1.165, 1.54) is 186 Å². The molecule has 0 heterocycles. The summed E-state index contributed by atoms with van der Waals surface area (Å²) in [5, 5.41) is 23.2. The lowest BCUT2D eigenvalue weighted by Gasteiger charge is -2.22. The molecule has 0 aliphatic heterocycles. The minimum Gasteiger partial charge on any atom is -0.466 e. The molecule has 0 radical (unpaired) electrons. The number of hydrogen-bond donors (Lipinski definition) is 3. The van der Waals surface area contributed by atoms with E-state index < -0.39 is 12.1 Å². The highest BCUT2D eigenvalue weighted by atomic mass is 16.5. The van der Waals surface area contributed by atoms with E-state index >= 15 is 0 Å². The van der Waals surface area contributed by atoms with Crippen LogP contribution in [-0.2, 0) is 14.3 Å². The molecule has 3 N–H and O–H groups in total. The molecule has 6 nitrogen and oxygen atoms in total. The zero-order chi connectivity index (χ0) is 43.7. The highest BCUT2D eigenvalue weighted by Crippen LogP contribution is 2.17. The van der Waals surface area contributed by atoms with Crippen molar-refractivity contribution in [3.05, 3.63) is 12.2 Å². The molecule has 6 heteroatoms. The summed E-state index contributed by atoms with van der Waals surface area (Å²) in [6.45, 7) is 4.91. The van der Waals surface area contributed by atoms with Crippen LogP contribution in [0.1, 0.15) is 296 Å². The van der Waals surface area contributed by atoms with Crippen molar-refractivity contribution >= 4 is 11.9 Å². The summed E-state index contributed by atoms with van der Waals surface area (Å²) in [5.74, 6) is -0.0785. The van der Waals surface area contributed by atoms with Crippen LogP contribution in [0.2, 0.25) is 0 Å². The second-order valence-corrected chi connectivity index (χ2v) is 18.6. The van der Waals surface area contributed by atoms with E-state index in [0.717, 1.165) is 77.0 Å². The molecule has 0 fully saturated rings. The zero-order valence-corrected chi connectivity index (χ0v) is 40.5. The molecule has 0 bridgehead atoms. The molecule has 0 aromatic carbocycles. The van der Waals surface area contributed by atoms with E-state index in [1.54, 1.807) is 0 Å². The number of unbranched alkanes of at least 4 members (excludes halogenated alkanes) is 37. The first-order valence-corrected chi connectivity index (χ1v) is 26.9. The van der Waals surface area contributed by atoms with Crippen molar-refractivity contribution in [1.82, 2.24) is 5.32 Å². The third kappa shape index (κ3) is 46.1. The quantitative estimate of drug-likeness (QED) is 0.0322. The van der Waals surface area contributed by atoms with Crippen LogP contribution in [0.25, 0.3) is 0 Å². The minimum absolute atomic E-state index is 0.0200. The van der Waals surface area contributed by atoms with Crippen LogP contribution in [0.5, 0.6) is 0 Å². The van der Waals surface area contributed by atoms with Crippen molar-refractivity contribution in [3.63, 3.8) is 0 Å². The number of ether oxygens (including phenoxy) is 1. The number of hydrogen-bond acceptors (Lipinski definition) is 5. The molecule has 1 amide bonds. The van der Waals surface area contributed by atoms with Gasteiger partial charge in [-0.3, -0.25) is 9.59 Å². The first-order chi connectivity index (χ1) is 29.5. The van der Waals surface area contributed by atoms with Crippen LogP contribution in [0.3, 0.4) is 0 Å². The number of rotatable bonds is 50. The lowest BCUT2D eigenvalue weighted by Crippen LogP contribution is -2.45. The Morgan fingerprint density at radius 3 is 1.18 bits per heavy atom. The zero-order valence-electron chi connectivity index (χ0n) is 40.5. The third-order valence-electron chi connectivity index (χ3n) is 12.6. The van der Waals surface area contributed by atoms with Gasteiger partial charge in [-0.25, -0.2) is 0 Å². The molecule has 356 valence electrons. The van der Waals surface area contributed by atoms with E-state index in [1.807, 2.05) is 0 Å². The second kappa shape index (κ2) is 50.2. The van der Waals surface area contributed by atoms with E-state index in [9.17, 15) is 19.8 Å². The van der Waals surface area contributed by atoms with Crippen LogP contribution >= 0.6 is 0 Å². The summed E-state index contributed by atoms with van der Waals surface area (Å²) < 4.78 is 5.45. The summed E-state index contributed by atoms with van der Waals surface area (Å²) in [5.41, 5.74) is 0. The van der Waals surface area contributed by atoms with Gasteiger partial charge in [-0.1, -0.05) is 238 Å². The van der Waals surface area contributed by atoms with Gasteiger partial charge in [-0.15, -0.1) is 0 Å². The summed E-state index contributed by atoms with van der Waals surface area (Å²) >= 11 is 0. The van der Waals surface area contributed by atoms with Gasteiger partial charge in [-0.05, 0) is 57.8 Å². The normalized spacial score (nSPS) is 12.7. The number of esters is 1. The summed E-state index contributed by atoms with van der Waals surface area (Å²) in [4.78, 5) is 24.5.